The number of unbranched alkanes of at least 4 members (excludes halogenated alkanes) is 2. The van der Waals surface area contributed by atoms with Crippen LogP contribution in [0.2, 0.25) is 0 Å². The van der Waals surface area contributed by atoms with Crippen LogP contribution < -0.4 is 4.74 Å². The molecule has 6 nitrogen and oxygen atoms in total. The molecule has 1 saturated carbocycles. The van der Waals surface area contributed by atoms with Crippen molar-refractivity contribution in [2.24, 2.45) is 5.92 Å². The maximum absolute atomic E-state index is 11.6. The highest BCUT2D eigenvalue weighted by atomic mass is 16.5. The van der Waals surface area contributed by atoms with Crippen molar-refractivity contribution in [1.82, 2.24) is 0 Å². The van der Waals surface area contributed by atoms with Crippen molar-refractivity contribution in [3.63, 3.8) is 0 Å². The number of ether oxygens (including phenoxy) is 3. The second-order valence-electron chi connectivity index (χ2n) is 10.8. The summed E-state index contributed by atoms with van der Waals surface area (Å²) in [5, 5.41) is 9.41. The van der Waals surface area contributed by atoms with Crippen molar-refractivity contribution in [2.75, 3.05) is 26.4 Å². The third-order valence-electron chi connectivity index (χ3n) is 7.92. The first kappa shape index (κ1) is 32.1. The minimum absolute atomic E-state index is 0.119. The first-order valence-corrected chi connectivity index (χ1v) is 15.1. The molecule has 0 unspecified atom stereocenters. The van der Waals surface area contributed by atoms with Crippen LogP contribution in [-0.2, 0) is 31.9 Å². The number of benzene rings is 2. The first-order chi connectivity index (χ1) is 20.0. The Balaban J connectivity index is 1.81. The van der Waals surface area contributed by atoms with Gasteiger partial charge < -0.3 is 19.3 Å². The maximum Gasteiger partial charge on any atom is 0.330 e. The smallest absolute Gasteiger partial charge is 0.330 e. The molecule has 0 aromatic heterocycles. The minimum atomic E-state index is -0.485. The monoisotopic (exact) mass is 562 g/mol. The van der Waals surface area contributed by atoms with Crippen LogP contribution in [0.5, 0.6) is 5.75 Å². The van der Waals surface area contributed by atoms with Gasteiger partial charge in [-0.25, -0.2) is 9.59 Å². The molecule has 0 spiro atoms. The van der Waals surface area contributed by atoms with Gasteiger partial charge in [0.25, 0.3) is 0 Å². The SMILES string of the molecule is C=CC(=O)OCCc1cc(-c2ccc(C3CCC(CCCCC)CC3)cc2)cc(CCOC(=O)C=C)c1OCCO. The average molecular weight is 563 g/mol. The summed E-state index contributed by atoms with van der Waals surface area (Å²) >= 11 is 0. The fraction of sp³-hybridized carbons (Fsp3) is 0.486. The van der Waals surface area contributed by atoms with Crippen LogP contribution in [0.4, 0.5) is 0 Å². The van der Waals surface area contributed by atoms with Crippen LogP contribution in [-0.4, -0.2) is 43.5 Å². The molecule has 0 atom stereocenters. The molecule has 0 bridgehead atoms. The molecule has 0 saturated heterocycles. The number of aliphatic hydroxyl groups excluding tert-OH is 1. The molecule has 6 heteroatoms. The molecule has 0 amide bonds. The van der Waals surface area contributed by atoms with E-state index in [-0.39, 0.29) is 26.4 Å². The van der Waals surface area contributed by atoms with Crippen molar-refractivity contribution in [3.8, 4) is 16.9 Å². The van der Waals surface area contributed by atoms with Gasteiger partial charge in [-0.05, 0) is 77.5 Å². The number of carbonyl (C=O) groups excluding carboxylic acids is 2. The predicted octanol–water partition coefficient (Wildman–Crippen LogP) is 7.12. The number of rotatable bonds is 17. The van der Waals surface area contributed by atoms with Crippen molar-refractivity contribution in [3.05, 3.63) is 78.4 Å². The summed E-state index contributed by atoms with van der Waals surface area (Å²) in [6.07, 6.45) is 13.7. The van der Waals surface area contributed by atoms with Crippen LogP contribution in [0, 0.1) is 5.92 Å². The standard InChI is InChI=1S/C35H46O6/c1-4-7-8-9-26-10-12-27(13-11-26)28-14-16-29(17-15-28)32-24-30(18-21-39-33(37)5-2)35(41-23-20-36)31(25-32)19-22-40-34(38)6-3/h5-6,14-17,24-27,36H,2-4,7-13,18-23H2,1H3. The molecule has 2 aromatic carbocycles. The third kappa shape index (κ3) is 10.2. The van der Waals surface area contributed by atoms with Crippen molar-refractivity contribution in [2.45, 2.75) is 77.0 Å². The number of hydrogen-bond acceptors (Lipinski definition) is 6. The molecule has 1 aliphatic rings. The zero-order valence-corrected chi connectivity index (χ0v) is 24.6. The molecule has 0 aliphatic heterocycles. The molecule has 2 aromatic rings. The normalized spacial score (nSPS) is 16.5. The quantitative estimate of drug-likeness (QED) is 0.126. The molecular formula is C35H46O6. The van der Waals surface area contributed by atoms with E-state index in [2.05, 4.69) is 44.3 Å². The second kappa shape index (κ2) is 17.4. The van der Waals surface area contributed by atoms with E-state index in [0.29, 0.717) is 24.5 Å². The van der Waals surface area contributed by atoms with Gasteiger partial charge in [-0.15, -0.1) is 0 Å². The summed E-state index contributed by atoms with van der Waals surface area (Å²) < 4.78 is 16.4. The van der Waals surface area contributed by atoms with Gasteiger partial charge in [0.15, 0.2) is 0 Å². The van der Waals surface area contributed by atoms with E-state index >= 15 is 0 Å². The van der Waals surface area contributed by atoms with Crippen LogP contribution in [0.1, 0.15) is 80.9 Å². The van der Waals surface area contributed by atoms with Gasteiger partial charge in [0.1, 0.15) is 12.4 Å². The van der Waals surface area contributed by atoms with Crippen molar-refractivity contribution >= 4 is 11.9 Å². The number of aliphatic hydroxyl groups is 1. The van der Waals surface area contributed by atoms with Gasteiger partial charge in [0, 0.05) is 25.0 Å². The molecule has 1 aliphatic carbocycles. The Labute approximate surface area is 245 Å². The minimum Gasteiger partial charge on any atom is -0.491 e. The van der Waals surface area contributed by atoms with E-state index in [1.165, 1.54) is 56.9 Å². The van der Waals surface area contributed by atoms with Crippen LogP contribution >= 0.6 is 0 Å². The highest BCUT2D eigenvalue weighted by Crippen LogP contribution is 2.39. The molecule has 1 N–H and O–H groups in total. The molecule has 3 rings (SSSR count). The lowest BCUT2D eigenvalue weighted by molar-refractivity contribution is -0.138. The Kier molecular flexibility index (Phi) is 13.7. The van der Waals surface area contributed by atoms with E-state index in [9.17, 15) is 14.7 Å². The van der Waals surface area contributed by atoms with Gasteiger partial charge in [0.05, 0.1) is 19.8 Å². The molecule has 41 heavy (non-hydrogen) atoms. The van der Waals surface area contributed by atoms with E-state index in [1.54, 1.807) is 0 Å². The second-order valence-corrected chi connectivity index (χ2v) is 10.8. The Morgan fingerprint density at radius 3 is 1.95 bits per heavy atom. The summed E-state index contributed by atoms with van der Waals surface area (Å²) in [5.74, 6) is 1.14. The van der Waals surface area contributed by atoms with E-state index < -0.39 is 11.9 Å². The van der Waals surface area contributed by atoms with Crippen LogP contribution in [0.3, 0.4) is 0 Å². The lowest BCUT2D eigenvalue weighted by atomic mass is 9.77. The highest BCUT2D eigenvalue weighted by molar-refractivity contribution is 5.81. The van der Waals surface area contributed by atoms with Crippen molar-refractivity contribution < 1.29 is 28.9 Å². The summed E-state index contributed by atoms with van der Waals surface area (Å²) in [7, 11) is 0. The Morgan fingerprint density at radius 2 is 1.44 bits per heavy atom. The predicted molar refractivity (Wildman–Crippen MR) is 163 cm³/mol. The first-order valence-electron chi connectivity index (χ1n) is 15.1. The Hall–Kier alpha value is -3.38. The molecule has 0 heterocycles. The fourth-order valence-corrected chi connectivity index (χ4v) is 5.68. The molecule has 0 radical (unpaired) electrons. The summed E-state index contributed by atoms with van der Waals surface area (Å²) in [6.45, 7) is 9.47. The zero-order valence-electron chi connectivity index (χ0n) is 24.6. The fourth-order valence-electron chi connectivity index (χ4n) is 5.68. The van der Waals surface area contributed by atoms with Gasteiger partial charge in [0.2, 0.25) is 0 Å². The van der Waals surface area contributed by atoms with Crippen molar-refractivity contribution in [1.29, 1.82) is 0 Å². The van der Waals surface area contributed by atoms with E-state index in [1.807, 2.05) is 12.1 Å². The van der Waals surface area contributed by atoms with E-state index in [0.717, 1.165) is 40.3 Å². The van der Waals surface area contributed by atoms with Crippen LogP contribution in [0.25, 0.3) is 11.1 Å². The largest absolute Gasteiger partial charge is 0.491 e. The topological polar surface area (TPSA) is 82.1 Å². The lowest BCUT2D eigenvalue weighted by Crippen LogP contribution is -2.13. The maximum atomic E-state index is 11.6. The average Bonchev–Trinajstić information content (AvgIpc) is 3.00. The van der Waals surface area contributed by atoms with Crippen LogP contribution in [0.15, 0.2) is 61.7 Å². The van der Waals surface area contributed by atoms with Gasteiger partial charge in [-0.3, -0.25) is 0 Å². The Morgan fingerprint density at radius 1 is 0.854 bits per heavy atom. The number of hydrogen-bond donors (Lipinski definition) is 1. The van der Waals surface area contributed by atoms with Gasteiger partial charge >= 0.3 is 11.9 Å². The summed E-state index contributed by atoms with van der Waals surface area (Å²) in [6, 6.07) is 13.0. The number of esters is 2. The molecular weight excluding hydrogens is 516 g/mol. The van der Waals surface area contributed by atoms with Gasteiger partial charge in [-0.1, -0.05) is 70.0 Å². The Bertz CT molecular complexity index is 1080. The van der Waals surface area contributed by atoms with E-state index in [4.69, 9.17) is 14.2 Å². The summed E-state index contributed by atoms with van der Waals surface area (Å²) in [5.41, 5.74) is 5.18. The highest BCUT2D eigenvalue weighted by Gasteiger charge is 2.22. The zero-order chi connectivity index (χ0) is 29.5. The lowest BCUT2D eigenvalue weighted by Gasteiger charge is -2.29. The third-order valence-corrected chi connectivity index (χ3v) is 7.92. The summed E-state index contributed by atoms with van der Waals surface area (Å²) in [4.78, 5) is 23.3. The number of carbonyl (C=O) groups is 2. The van der Waals surface area contributed by atoms with Gasteiger partial charge in [-0.2, -0.15) is 0 Å². The molecule has 1 fully saturated rings. The molecule has 222 valence electrons.